The quantitative estimate of drug-likeness (QED) is 0.370. The van der Waals surface area contributed by atoms with Gasteiger partial charge in [-0.1, -0.05) is 0 Å². The van der Waals surface area contributed by atoms with E-state index < -0.39 is 24.1 Å². The van der Waals surface area contributed by atoms with Crippen LogP contribution < -0.4 is 24.3 Å². The highest BCUT2D eigenvalue weighted by Gasteiger charge is 2.20. The Labute approximate surface area is 194 Å². The zero-order valence-electron chi connectivity index (χ0n) is 18.6. The lowest BCUT2D eigenvalue weighted by Gasteiger charge is -2.13. The van der Waals surface area contributed by atoms with Gasteiger partial charge in [-0.3, -0.25) is 0 Å². The van der Waals surface area contributed by atoms with Gasteiger partial charge in [-0.2, -0.15) is 0 Å². The Hall–Kier alpha value is -3.73. The van der Waals surface area contributed by atoms with Crippen LogP contribution in [0.5, 0.6) is 23.0 Å². The number of hydrogen-bond donors (Lipinski definition) is 2. The number of aliphatic hydroxyl groups is 1. The first-order valence-corrected chi connectivity index (χ1v) is 10.3. The Balaban J connectivity index is 1.61. The van der Waals surface area contributed by atoms with Gasteiger partial charge in [0.1, 0.15) is 6.61 Å². The van der Waals surface area contributed by atoms with Crippen LogP contribution in [0.2, 0.25) is 0 Å². The first-order valence-electron chi connectivity index (χ1n) is 10.3. The second-order valence-electron chi connectivity index (χ2n) is 6.97. The molecule has 0 atom stereocenters. The van der Waals surface area contributed by atoms with Crippen molar-refractivity contribution in [3.63, 3.8) is 0 Å². The number of ether oxygens (including phenoxy) is 4. The van der Waals surface area contributed by atoms with E-state index in [4.69, 9.17) is 24.1 Å². The van der Waals surface area contributed by atoms with Crippen molar-refractivity contribution in [3.05, 3.63) is 59.7 Å². The largest absolute Gasteiger partial charge is 0.494 e. The van der Waals surface area contributed by atoms with Crippen LogP contribution in [0.3, 0.4) is 0 Å². The van der Waals surface area contributed by atoms with E-state index in [-0.39, 0.29) is 41.1 Å². The van der Waals surface area contributed by atoms with Crippen LogP contribution in [-0.2, 0) is 6.61 Å². The molecule has 34 heavy (non-hydrogen) atoms. The van der Waals surface area contributed by atoms with Crippen LogP contribution in [0.25, 0.3) is 0 Å². The summed E-state index contributed by atoms with van der Waals surface area (Å²) in [5, 5.41) is 11.6. The number of benzene rings is 2. The SMILES string of the molecule is COc1cc(OC)c(F)c(COc2cnc(Nc3ccc(OCCCCO)c(F)c3)nc2)c1F. The molecule has 182 valence electrons. The smallest absolute Gasteiger partial charge is 0.227 e. The van der Waals surface area contributed by atoms with E-state index in [1.165, 1.54) is 38.7 Å². The average molecular weight is 479 g/mol. The highest BCUT2D eigenvalue weighted by atomic mass is 19.1. The molecule has 2 aromatic carbocycles. The Morgan fingerprint density at radius 3 is 2.15 bits per heavy atom. The summed E-state index contributed by atoms with van der Waals surface area (Å²) in [5.41, 5.74) is 0.0223. The summed E-state index contributed by atoms with van der Waals surface area (Å²) in [5.74, 6) is -2.31. The molecular formula is C23H24F3N3O5. The van der Waals surface area contributed by atoms with Gasteiger partial charge in [-0.15, -0.1) is 0 Å². The summed E-state index contributed by atoms with van der Waals surface area (Å²) in [6, 6.07) is 5.41. The third-order valence-corrected chi connectivity index (χ3v) is 4.67. The molecule has 0 bridgehead atoms. The highest BCUT2D eigenvalue weighted by molar-refractivity contribution is 5.55. The zero-order chi connectivity index (χ0) is 24.5. The molecule has 0 amide bonds. The summed E-state index contributed by atoms with van der Waals surface area (Å²) in [6.07, 6.45) is 3.80. The van der Waals surface area contributed by atoms with Crippen molar-refractivity contribution in [2.45, 2.75) is 19.4 Å². The summed E-state index contributed by atoms with van der Waals surface area (Å²) < 4.78 is 63.6. The van der Waals surface area contributed by atoms with Crippen LogP contribution in [-0.4, -0.2) is 42.5 Å². The first kappa shape index (κ1) is 24.9. The number of nitrogens with zero attached hydrogens (tertiary/aromatic N) is 2. The van der Waals surface area contributed by atoms with Gasteiger partial charge in [-0.25, -0.2) is 23.1 Å². The molecule has 0 aliphatic rings. The fourth-order valence-corrected chi connectivity index (χ4v) is 2.89. The normalized spacial score (nSPS) is 10.6. The first-order chi connectivity index (χ1) is 16.5. The molecule has 0 radical (unpaired) electrons. The van der Waals surface area contributed by atoms with Gasteiger partial charge >= 0.3 is 0 Å². The molecule has 0 fully saturated rings. The molecular weight excluding hydrogens is 455 g/mol. The van der Waals surface area contributed by atoms with E-state index in [1.807, 2.05) is 0 Å². The number of hydrogen-bond acceptors (Lipinski definition) is 8. The van der Waals surface area contributed by atoms with E-state index in [9.17, 15) is 13.2 Å². The monoisotopic (exact) mass is 479 g/mol. The second kappa shape index (κ2) is 11.9. The van der Waals surface area contributed by atoms with E-state index in [1.54, 1.807) is 6.07 Å². The molecule has 0 aliphatic carbocycles. The van der Waals surface area contributed by atoms with E-state index in [0.29, 0.717) is 25.1 Å². The maximum atomic E-state index is 14.4. The summed E-state index contributed by atoms with van der Waals surface area (Å²) in [6.45, 7) is -0.0977. The molecule has 3 rings (SSSR count). The molecule has 8 nitrogen and oxygen atoms in total. The molecule has 1 heterocycles. The predicted molar refractivity (Wildman–Crippen MR) is 117 cm³/mol. The fourth-order valence-electron chi connectivity index (χ4n) is 2.89. The lowest BCUT2D eigenvalue weighted by molar-refractivity contribution is 0.248. The Kier molecular flexibility index (Phi) is 8.74. The fraction of sp³-hybridized carbons (Fsp3) is 0.304. The summed E-state index contributed by atoms with van der Waals surface area (Å²) >= 11 is 0. The third-order valence-electron chi connectivity index (χ3n) is 4.67. The van der Waals surface area contributed by atoms with Crippen molar-refractivity contribution in [1.29, 1.82) is 0 Å². The van der Waals surface area contributed by atoms with Gasteiger partial charge < -0.3 is 29.4 Å². The van der Waals surface area contributed by atoms with E-state index in [0.717, 1.165) is 6.07 Å². The number of halogens is 3. The van der Waals surface area contributed by atoms with Crippen LogP contribution in [0, 0.1) is 17.5 Å². The highest BCUT2D eigenvalue weighted by Crippen LogP contribution is 2.32. The van der Waals surface area contributed by atoms with Gasteiger partial charge in [-0.05, 0) is 25.0 Å². The Morgan fingerprint density at radius 2 is 1.56 bits per heavy atom. The van der Waals surface area contributed by atoms with Crippen LogP contribution in [0.1, 0.15) is 18.4 Å². The van der Waals surface area contributed by atoms with Crippen molar-refractivity contribution in [3.8, 4) is 23.0 Å². The van der Waals surface area contributed by atoms with Crippen LogP contribution in [0.15, 0.2) is 36.7 Å². The minimum atomic E-state index is -0.900. The maximum Gasteiger partial charge on any atom is 0.227 e. The predicted octanol–water partition coefficient (Wildman–Crippen LogP) is 4.39. The van der Waals surface area contributed by atoms with Gasteiger partial charge in [0, 0.05) is 24.4 Å². The van der Waals surface area contributed by atoms with Crippen LogP contribution in [0.4, 0.5) is 24.8 Å². The number of aromatic nitrogens is 2. The summed E-state index contributed by atoms with van der Waals surface area (Å²) in [7, 11) is 2.51. The molecule has 1 aromatic heterocycles. The van der Waals surface area contributed by atoms with Crippen molar-refractivity contribution in [1.82, 2.24) is 9.97 Å². The van der Waals surface area contributed by atoms with E-state index in [2.05, 4.69) is 15.3 Å². The molecule has 2 N–H and O–H groups in total. The lowest BCUT2D eigenvalue weighted by Crippen LogP contribution is -2.06. The minimum Gasteiger partial charge on any atom is -0.494 e. The van der Waals surface area contributed by atoms with Crippen molar-refractivity contribution in [2.24, 2.45) is 0 Å². The maximum absolute atomic E-state index is 14.4. The molecule has 3 aromatic rings. The second-order valence-corrected chi connectivity index (χ2v) is 6.97. The summed E-state index contributed by atoms with van der Waals surface area (Å²) in [4.78, 5) is 8.12. The number of unbranched alkanes of at least 4 members (excludes halogenated alkanes) is 1. The molecule has 0 aliphatic heterocycles. The number of aliphatic hydroxyl groups excluding tert-OH is 1. The minimum absolute atomic E-state index is 0.0576. The average Bonchev–Trinajstić information content (AvgIpc) is 2.84. The van der Waals surface area contributed by atoms with E-state index >= 15 is 0 Å². The van der Waals surface area contributed by atoms with Crippen molar-refractivity contribution >= 4 is 11.6 Å². The lowest BCUT2D eigenvalue weighted by atomic mass is 10.1. The van der Waals surface area contributed by atoms with Crippen LogP contribution >= 0.6 is 0 Å². The van der Waals surface area contributed by atoms with Gasteiger partial charge in [0.25, 0.3) is 0 Å². The van der Waals surface area contributed by atoms with Gasteiger partial charge in [0.05, 0.1) is 38.8 Å². The number of anilines is 2. The molecule has 0 saturated carbocycles. The standard InChI is InChI=1S/C23H24F3N3O5/c1-31-19-10-20(32-2)22(26)16(21(19)25)13-34-15-11-27-23(28-12-15)29-14-5-6-18(17(24)9-14)33-8-4-3-7-30/h5-6,9-12,30H,3-4,7-8,13H2,1-2H3,(H,27,28,29). The third kappa shape index (κ3) is 6.19. The van der Waals surface area contributed by atoms with Crippen molar-refractivity contribution < 1.29 is 37.2 Å². The molecule has 0 spiro atoms. The molecule has 0 unspecified atom stereocenters. The Bertz CT molecular complexity index is 1070. The van der Waals surface area contributed by atoms with Gasteiger partial charge in [0.2, 0.25) is 5.95 Å². The number of rotatable bonds is 12. The number of nitrogens with one attached hydrogen (secondary N) is 1. The van der Waals surface area contributed by atoms with Crippen molar-refractivity contribution in [2.75, 3.05) is 32.8 Å². The topological polar surface area (TPSA) is 95.0 Å². The zero-order valence-corrected chi connectivity index (χ0v) is 18.6. The number of methoxy groups -OCH3 is 2. The molecule has 0 saturated heterocycles. The van der Waals surface area contributed by atoms with Gasteiger partial charge in [0.15, 0.2) is 40.4 Å². The molecule has 11 heteroatoms. The Morgan fingerprint density at radius 1 is 0.882 bits per heavy atom.